The first-order chi connectivity index (χ1) is 13.1. The molecule has 3 aromatic heterocycles. The van der Waals surface area contributed by atoms with Gasteiger partial charge < -0.3 is 9.47 Å². The van der Waals surface area contributed by atoms with Gasteiger partial charge in [0.2, 0.25) is 0 Å². The quantitative estimate of drug-likeness (QED) is 0.707. The van der Waals surface area contributed by atoms with Crippen molar-refractivity contribution in [1.29, 1.82) is 0 Å². The van der Waals surface area contributed by atoms with E-state index in [9.17, 15) is 0 Å². The van der Waals surface area contributed by atoms with Crippen molar-refractivity contribution in [3.8, 4) is 11.5 Å². The normalized spacial score (nSPS) is 17.5. The summed E-state index contributed by atoms with van der Waals surface area (Å²) in [5.74, 6) is 3.07. The van der Waals surface area contributed by atoms with Crippen molar-refractivity contribution in [2.45, 2.75) is 45.6 Å². The molecule has 0 N–H and O–H groups in total. The molecule has 1 fully saturated rings. The molecule has 1 atom stereocenters. The summed E-state index contributed by atoms with van der Waals surface area (Å²) in [4.78, 5) is 16.1. The summed E-state index contributed by atoms with van der Waals surface area (Å²) < 4.78 is 2.18. The van der Waals surface area contributed by atoms with Gasteiger partial charge in [-0.15, -0.1) is 10.2 Å². The molecule has 1 aliphatic heterocycles. The van der Waals surface area contributed by atoms with E-state index in [0.29, 0.717) is 17.8 Å². The Labute approximate surface area is 159 Å². The van der Waals surface area contributed by atoms with Crippen molar-refractivity contribution in [1.82, 2.24) is 29.7 Å². The van der Waals surface area contributed by atoms with Crippen LogP contribution in [0.4, 0.5) is 5.82 Å². The highest BCUT2D eigenvalue weighted by Crippen LogP contribution is 2.30. The molecule has 7 heteroatoms. The van der Waals surface area contributed by atoms with E-state index >= 15 is 0 Å². The SMILES string of the molecule is Cc1cc(N2CCC[C@H](c3nncn3C(C)C)C2)nc(-c2ccccn2)n1. The number of hydrogen-bond acceptors (Lipinski definition) is 6. The van der Waals surface area contributed by atoms with Gasteiger partial charge in [0.15, 0.2) is 5.82 Å². The van der Waals surface area contributed by atoms with E-state index in [2.05, 4.69) is 49.5 Å². The van der Waals surface area contributed by atoms with Gasteiger partial charge in [0.1, 0.15) is 23.7 Å². The van der Waals surface area contributed by atoms with E-state index in [4.69, 9.17) is 4.98 Å². The Kier molecular flexibility index (Phi) is 4.83. The standard InChI is InChI=1S/C20H25N7/c1-14(2)27-13-22-25-20(27)16-7-6-10-26(12-16)18-11-15(3)23-19(24-18)17-8-4-5-9-21-17/h4-5,8-9,11,13-14,16H,6-7,10,12H2,1-3H3/t16-/m0/s1. The molecule has 0 radical (unpaired) electrons. The molecule has 0 aromatic carbocycles. The highest BCUT2D eigenvalue weighted by Gasteiger charge is 2.27. The number of anilines is 1. The Balaban J connectivity index is 1.62. The van der Waals surface area contributed by atoms with E-state index in [1.54, 1.807) is 6.20 Å². The highest BCUT2D eigenvalue weighted by atomic mass is 15.3. The third-order valence-electron chi connectivity index (χ3n) is 5.00. The zero-order valence-electron chi connectivity index (χ0n) is 16.1. The van der Waals surface area contributed by atoms with Crippen LogP contribution >= 0.6 is 0 Å². The highest BCUT2D eigenvalue weighted by molar-refractivity contribution is 5.53. The molecule has 140 valence electrons. The largest absolute Gasteiger partial charge is 0.356 e. The van der Waals surface area contributed by atoms with Crippen molar-refractivity contribution in [2.24, 2.45) is 0 Å². The zero-order chi connectivity index (χ0) is 18.8. The second-order valence-corrected chi connectivity index (χ2v) is 7.38. The molecular weight excluding hydrogens is 338 g/mol. The fraction of sp³-hybridized carbons (Fsp3) is 0.450. The fourth-order valence-corrected chi connectivity index (χ4v) is 3.66. The van der Waals surface area contributed by atoms with Crippen molar-refractivity contribution in [2.75, 3.05) is 18.0 Å². The van der Waals surface area contributed by atoms with Crippen LogP contribution in [0.1, 0.15) is 50.2 Å². The average molecular weight is 363 g/mol. The van der Waals surface area contributed by atoms with Gasteiger partial charge in [-0.1, -0.05) is 6.07 Å². The average Bonchev–Trinajstić information content (AvgIpc) is 3.19. The first-order valence-corrected chi connectivity index (χ1v) is 9.53. The van der Waals surface area contributed by atoms with Gasteiger partial charge in [0.25, 0.3) is 0 Å². The molecule has 1 saturated heterocycles. The monoisotopic (exact) mass is 363 g/mol. The Morgan fingerprint density at radius 3 is 2.85 bits per heavy atom. The minimum absolute atomic E-state index is 0.359. The first-order valence-electron chi connectivity index (χ1n) is 9.53. The van der Waals surface area contributed by atoms with E-state index in [1.807, 2.05) is 31.5 Å². The molecule has 4 heterocycles. The number of pyridine rings is 1. The van der Waals surface area contributed by atoms with Crippen LogP contribution in [0.5, 0.6) is 0 Å². The molecule has 0 spiro atoms. The van der Waals surface area contributed by atoms with Crippen molar-refractivity contribution in [3.63, 3.8) is 0 Å². The van der Waals surface area contributed by atoms with E-state index < -0.39 is 0 Å². The minimum Gasteiger partial charge on any atom is -0.356 e. The summed E-state index contributed by atoms with van der Waals surface area (Å²) in [6.45, 7) is 8.23. The number of hydrogen-bond donors (Lipinski definition) is 0. The number of nitrogens with zero attached hydrogens (tertiary/aromatic N) is 7. The Bertz CT molecular complexity index is 904. The van der Waals surface area contributed by atoms with Crippen LogP contribution in [-0.2, 0) is 0 Å². The topological polar surface area (TPSA) is 72.6 Å². The lowest BCUT2D eigenvalue weighted by Crippen LogP contribution is -2.36. The summed E-state index contributed by atoms with van der Waals surface area (Å²) in [6.07, 6.45) is 5.85. The van der Waals surface area contributed by atoms with Gasteiger partial charge in [-0.05, 0) is 45.7 Å². The van der Waals surface area contributed by atoms with Crippen LogP contribution in [0.15, 0.2) is 36.8 Å². The van der Waals surface area contributed by atoms with Gasteiger partial charge in [0.05, 0.1) is 0 Å². The lowest BCUT2D eigenvalue weighted by atomic mass is 9.97. The van der Waals surface area contributed by atoms with E-state index in [1.165, 1.54) is 0 Å². The lowest BCUT2D eigenvalue weighted by Gasteiger charge is -2.33. The molecule has 27 heavy (non-hydrogen) atoms. The molecule has 0 amide bonds. The Morgan fingerprint density at radius 2 is 2.07 bits per heavy atom. The zero-order valence-corrected chi connectivity index (χ0v) is 16.1. The van der Waals surface area contributed by atoms with Gasteiger partial charge in [-0.3, -0.25) is 4.98 Å². The van der Waals surface area contributed by atoms with Gasteiger partial charge >= 0.3 is 0 Å². The van der Waals surface area contributed by atoms with Gasteiger partial charge in [0, 0.05) is 43.0 Å². The summed E-state index contributed by atoms with van der Waals surface area (Å²) in [5, 5.41) is 8.56. The molecule has 1 aliphatic rings. The number of piperidine rings is 1. The molecule has 4 rings (SSSR count). The number of rotatable bonds is 4. The second-order valence-electron chi connectivity index (χ2n) is 7.38. The maximum Gasteiger partial charge on any atom is 0.180 e. The van der Waals surface area contributed by atoms with Crippen molar-refractivity contribution >= 4 is 5.82 Å². The summed E-state index contributed by atoms with van der Waals surface area (Å²) in [7, 11) is 0. The predicted octanol–water partition coefficient (Wildman–Crippen LogP) is 3.40. The molecule has 0 bridgehead atoms. The Morgan fingerprint density at radius 1 is 1.19 bits per heavy atom. The fourth-order valence-electron chi connectivity index (χ4n) is 3.66. The lowest BCUT2D eigenvalue weighted by molar-refractivity contribution is 0.453. The Hall–Kier alpha value is -2.83. The molecular formula is C20H25N7. The summed E-state index contributed by atoms with van der Waals surface area (Å²) in [5.41, 5.74) is 1.75. The predicted molar refractivity (Wildman–Crippen MR) is 105 cm³/mol. The minimum atomic E-state index is 0.359. The third kappa shape index (κ3) is 3.67. The molecule has 3 aromatic rings. The van der Waals surface area contributed by atoms with Crippen LogP contribution in [0, 0.1) is 6.92 Å². The van der Waals surface area contributed by atoms with Crippen LogP contribution in [0.3, 0.4) is 0 Å². The van der Waals surface area contributed by atoms with Crippen LogP contribution in [0.25, 0.3) is 11.5 Å². The van der Waals surface area contributed by atoms with Crippen LogP contribution in [0.2, 0.25) is 0 Å². The maximum atomic E-state index is 4.81. The number of aromatic nitrogens is 6. The first kappa shape index (κ1) is 17.6. The van der Waals surface area contributed by atoms with E-state index in [-0.39, 0.29) is 0 Å². The molecule has 7 nitrogen and oxygen atoms in total. The summed E-state index contributed by atoms with van der Waals surface area (Å²) in [6, 6.07) is 8.23. The van der Waals surface area contributed by atoms with Gasteiger partial charge in [-0.25, -0.2) is 9.97 Å². The molecule has 0 saturated carbocycles. The smallest absolute Gasteiger partial charge is 0.180 e. The van der Waals surface area contributed by atoms with Crippen LogP contribution in [-0.4, -0.2) is 42.8 Å². The third-order valence-corrected chi connectivity index (χ3v) is 5.00. The van der Waals surface area contributed by atoms with E-state index in [0.717, 1.165) is 49.0 Å². The molecule has 0 unspecified atom stereocenters. The van der Waals surface area contributed by atoms with Crippen molar-refractivity contribution < 1.29 is 0 Å². The van der Waals surface area contributed by atoms with Crippen LogP contribution < -0.4 is 4.90 Å². The second kappa shape index (κ2) is 7.42. The maximum absolute atomic E-state index is 4.81. The molecule has 0 aliphatic carbocycles. The van der Waals surface area contributed by atoms with Gasteiger partial charge in [-0.2, -0.15) is 0 Å². The van der Waals surface area contributed by atoms with Crippen molar-refractivity contribution in [3.05, 3.63) is 48.3 Å². The summed E-state index contributed by atoms with van der Waals surface area (Å²) >= 11 is 0. The number of aryl methyl sites for hydroxylation is 1.